The van der Waals surface area contributed by atoms with Crippen molar-refractivity contribution in [3.05, 3.63) is 30.3 Å². The summed E-state index contributed by atoms with van der Waals surface area (Å²) in [6, 6.07) is 9.50. The first-order valence-electron chi connectivity index (χ1n) is 5.68. The molecule has 4 heteroatoms. The molecule has 0 fully saturated rings. The number of rotatable bonds is 5. The Labute approximate surface area is 109 Å². The number of para-hydroxylation sites is 1. The van der Waals surface area contributed by atoms with E-state index in [0.29, 0.717) is 0 Å². The summed E-state index contributed by atoms with van der Waals surface area (Å²) in [6.45, 7) is 6.70. The number of nitrogens with one attached hydrogen (secondary N) is 2. The van der Waals surface area contributed by atoms with Crippen molar-refractivity contribution in [2.45, 2.75) is 32.7 Å². The standard InChI is InChI=1S/C13H20N2O.ClH/c1-4-10-14-13(2,3)12(16)15-11-8-6-5-7-9-11;/h5-9,14H,4,10H2,1-3H3,(H,15,16);1H. The molecule has 0 radical (unpaired) electrons. The van der Waals surface area contributed by atoms with Crippen LogP contribution in [0, 0.1) is 0 Å². The summed E-state index contributed by atoms with van der Waals surface area (Å²) in [6.07, 6.45) is 1.02. The van der Waals surface area contributed by atoms with E-state index in [4.69, 9.17) is 0 Å². The van der Waals surface area contributed by atoms with Gasteiger partial charge in [-0.2, -0.15) is 0 Å². The number of carbonyl (C=O) groups is 1. The van der Waals surface area contributed by atoms with Crippen molar-refractivity contribution in [3.63, 3.8) is 0 Å². The van der Waals surface area contributed by atoms with Gasteiger partial charge in [-0.15, -0.1) is 12.4 Å². The van der Waals surface area contributed by atoms with E-state index in [1.807, 2.05) is 44.2 Å². The van der Waals surface area contributed by atoms with E-state index in [1.54, 1.807) is 0 Å². The molecular weight excluding hydrogens is 236 g/mol. The molecule has 0 bridgehead atoms. The number of benzene rings is 1. The number of hydrogen-bond acceptors (Lipinski definition) is 2. The quantitative estimate of drug-likeness (QED) is 0.851. The van der Waals surface area contributed by atoms with Gasteiger partial charge in [-0.05, 0) is 38.9 Å². The van der Waals surface area contributed by atoms with Crippen LogP contribution in [-0.4, -0.2) is 18.0 Å². The minimum atomic E-state index is -0.536. The third-order valence-corrected chi connectivity index (χ3v) is 2.42. The molecule has 17 heavy (non-hydrogen) atoms. The lowest BCUT2D eigenvalue weighted by molar-refractivity contribution is -0.121. The lowest BCUT2D eigenvalue weighted by Crippen LogP contribution is -2.50. The summed E-state index contributed by atoms with van der Waals surface area (Å²) in [5, 5.41) is 6.11. The zero-order valence-corrected chi connectivity index (χ0v) is 11.4. The van der Waals surface area contributed by atoms with Crippen LogP contribution in [0.15, 0.2) is 30.3 Å². The van der Waals surface area contributed by atoms with Crippen molar-refractivity contribution in [2.24, 2.45) is 0 Å². The lowest BCUT2D eigenvalue weighted by Gasteiger charge is -2.25. The molecule has 0 atom stereocenters. The van der Waals surface area contributed by atoms with Gasteiger partial charge < -0.3 is 10.6 Å². The minimum absolute atomic E-state index is 0. The van der Waals surface area contributed by atoms with Crippen molar-refractivity contribution >= 4 is 24.0 Å². The first-order chi connectivity index (χ1) is 7.56. The Bertz CT molecular complexity index is 339. The van der Waals surface area contributed by atoms with Gasteiger partial charge in [-0.3, -0.25) is 4.79 Å². The first-order valence-corrected chi connectivity index (χ1v) is 5.68. The molecule has 0 saturated heterocycles. The normalized spacial score (nSPS) is 10.5. The molecule has 0 unspecified atom stereocenters. The smallest absolute Gasteiger partial charge is 0.244 e. The highest BCUT2D eigenvalue weighted by molar-refractivity contribution is 5.97. The molecule has 1 amide bonds. The fourth-order valence-corrected chi connectivity index (χ4v) is 1.33. The maximum absolute atomic E-state index is 12.0. The van der Waals surface area contributed by atoms with Gasteiger partial charge in [0.05, 0.1) is 5.54 Å². The van der Waals surface area contributed by atoms with Gasteiger partial charge >= 0.3 is 0 Å². The summed E-state index contributed by atoms with van der Waals surface area (Å²) >= 11 is 0. The summed E-state index contributed by atoms with van der Waals surface area (Å²) in [7, 11) is 0. The summed E-state index contributed by atoms with van der Waals surface area (Å²) < 4.78 is 0. The van der Waals surface area contributed by atoms with Crippen LogP contribution in [0.2, 0.25) is 0 Å². The number of anilines is 1. The van der Waals surface area contributed by atoms with E-state index in [9.17, 15) is 4.79 Å². The van der Waals surface area contributed by atoms with Crippen LogP contribution in [0.4, 0.5) is 5.69 Å². The van der Waals surface area contributed by atoms with Crippen molar-refractivity contribution in [2.75, 3.05) is 11.9 Å². The summed E-state index contributed by atoms with van der Waals surface area (Å²) in [4.78, 5) is 12.0. The maximum atomic E-state index is 12.0. The molecule has 3 nitrogen and oxygen atoms in total. The Morgan fingerprint density at radius 3 is 2.35 bits per heavy atom. The van der Waals surface area contributed by atoms with E-state index >= 15 is 0 Å². The van der Waals surface area contributed by atoms with E-state index in [1.165, 1.54) is 0 Å². The van der Waals surface area contributed by atoms with Gasteiger partial charge in [0.2, 0.25) is 5.91 Å². The van der Waals surface area contributed by atoms with Gasteiger partial charge in [0, 0.05) is 5.69 Å². The van der Waals surface area contributed by atoms with Gasteiger partial charge in [0.15, 0.2) is 0 Å². The minimum Gasteiger partial charge on any atom is -0.325 e. The Morgan fingerprint density at radius 1 is 1.24 bits per heavy atom. The maximum Gasteiger partial charge on any atom is 0.244 e. The lowest BCUT2D eigenvalue weighted by atomic mass is 10.0. The molecule has 0 aliphatic carbocycles. The zero-order valence-electron chi connectivity index (χ0n) is 10.6. The molecule has 1 aromatic carbocycles. The molecular formula is C13H21ClN2O. The Balaban J connectivity index is 0.00000256. The van der Waals surface area contributed by atoms with E-state index in [2.05, 4.69) is 17.6 Å². The average molecular weight is 257 g/mol. The van der Waals surface area contributed by atoms with Crippen LogP contribution in [-0.2, 0) is 4.79 Å². The molecule has 2 N–H and O–H groups in total. The van der Waals surface area contributed by atoms with Gasteiger partial charge in [0.25, 0.3) is 0 Å². The Morgan fingerprint density at radius 2 is 1.82 bits per heavy atom. The van der Waals surface area contributed by atoms with Crippen LogP contribution in [0.3, 0.4) is 0 Å². The number of carbonyl (C=O) groups excluding carboxylic acids is 1. The second kappa shape index (κ2) is 7.30. The third-order valence-electron chi connectivity index (χ3n) is 2.42. The molecule has 1 rings (SSSR count). The van der Waals surface area contributed by atoms with Gasteiger partial charge in [0.1, 0.15) is 0 Å². The fraction of sp³-hybridized carbons (Fsp3) is 0.462. The number of halogens is 1. The van der Waals surface area contributed by atoms with Crippen LogP contribution in [0.5, 0.6) is 0 Å². The molecule has 0 heterocycles. The molecule has 0 aromatic heterocycles. The summed E-state index contributed by atoms with van der Waals surface area (Å²) in [5.41, 5.74) is 0.296. The predicted molar refractivity (Wildman–Crippen MR) is 74.7 cm³/mol. The molecule has 0 aliphatic heterocycles. The Hall–Kier alpha value is -1.06. The molecule has 96 valence electrons. The van der Waals surface area contributed by atoms with Crippen LogP contribution in [0.1, 0.15) is 27.2 Å². The highest BCUT2D eigenvalue weighted by Crippen LogP contribution is 2.10. The average Bonchev–Trinajstić information content (AvgIpc) is 2.28. The largest absolute Gasteiger partial charge is 0.325 e. The van der Waals surface area contributed by atoms with Gasteiger partial charge in [-0.25, -0.2) is 0 Å². The first kappa shape index (κ1) is 15.9. The number of hydrogen-bond donors (Lipinski definition) is 2. The fourth-order valence-electron chi connectivity index (χ4n) is 1.33. The zero-order chi connectivity index (χ0) is 12.0. The van der Waals surface area contributed by atoms with Crippen molar-refractivity contribution in [3.8, 4) is 0 Å². The van der Waals surface area contributed by atoms with Crippen molar-refractivity contribution in [1.82, 2.24) is 5.32 Å². The van der Waals surface area contributed by atoms with E-state index in [0.717, 1.165) is 18.7 Å². The molecule has 0 spiro atoms. The highest BCUT2D eigenvalue weighted by atomic mass is 35.5. The Kier molecular flexibility index (Phi) is 6.85. The second-order valence-electron chi connectivity index (χ2n) is 4.37. The van der Waals surface area contributed by atoms with Gasteiger partial charge in [-0.1, -0.05) is 25.1 Å². The predicted octanol–water partition coefficient (Wildman–Crippen LogP) is 2.83. The molecule has 0 aliphatic rings. The number of amides is 1. The van der Waals surface area contributed by atoms with Crippen molar-refractivity contribution < 1.29 is 4.79 Å². The molecule has 0 saturated carbocycles. The van der Waals surface area contributed by atoms with Crippen LogP contribution >= 0.6 is 12.4 Å². The monoisotopic (exact) mass is 256 g/mol. The topological polar surface area (TPSA) is 41.1 Å². The van der Waals surface area contributed by atoms with E-state index < -0.39 is 5.54 Å². The highest BCUT2D eigenvalue weighted by Gasteiger charge is 2.26. The molecule has 1 aromatic rings. The van der Waals surface area contributed by atoms with Crippen molar-refractivity contribution in [1.29, 1.82) is 0 Å². The van der Waals surface area contributed by atoms with Crippen LogP contribution in [0.25, 0.3) is 0 Å². The third kappa shape index (κ3) is 5.20. The SMILES string of the molecule is CCCNC(C)(C)C(=O)Nc1ccccc1.Cl. The summed E-state index contributed by atoms with van der Waals surface area (Å²) in [5.74, 6) is -0.00727. The van der Waals surface area contributed by atoms with E-state index in [-0.39, 0.29) is 18.3 Å². The van der Waals surface area contributed by atoms with Crippen LogP contribution < -0.4 is 10.6 Å². The second-order valence-corrected chi connectivity index (χ2v) is 4.37.